The smallest absolute Gasteiger partial charge is 0.278 e. The molecule has 2 saturated heterocycles. The highest BCUT2D eigenvalue weighted by Crippen LogP contribution is 2.20. The summed E-state index contributed by atoms with van der Waals surface area (Å²) >= 11 is 0. The molecule has 6 nitrogen and oxygen atoms in total. The summed E-state index contributed by atoms with van der Waals surface area (Å²) in [5.74, 6) is -0.299. The number of nitrogens with zero attached hydrogens (tertiary/aromatic N) is 2. The molecule has 2 aliphatic heterocycles. The fourth-order valence-electron chi connectivity index (χ4n) is 3.12. The fraction of sp³-hybridized carbons (Fsp3) is 0.500. The standard InChI is InChI=1S/C16H21FN4O2/c17-12-3-1-2-4-14(12)20-7-9-21(10-8-20)15(22)11-13-16(23)19-6-5-18-13/h1-4,13,18H,5-11H2,(H,19,23)/p+1/t13-/m0/s1. The van der Waals surface area contributed by atoms with Gasteiger partial charge in [0.2, 0.25) is 5.91 Å². The van der Waals surface area contributed by atoms with Crippen molar-refractivity contribution in [2.75, 3.05) is 44.2 Å². The van der Waals surface area contributed by atoms with Gasteiger partial charge in [-0.15, -0.1) is 0 Å². The predicted octanol–water partition coefficient (Wildman–Crippen LogP) is -1.07. The maximum atomic E-state index is 13.8. The highest BCUT2D eigenvalue weighted by Gasteiger charge is 2.31. The number of carbonyl (C=O) groups excluding carboxylic acids is 2. The van der Waals surface area contributed by atoms with Crippen LogP contribution < -0.4 is 15.5 Å². The molecular formula is C16H22FN4O2+. The highest BCUT2D eigenvalue weighted by molar-refractivity contribution is 5.87. The molecule has 0 aromatic heterocycles. The molecule has 1 aromatic rings. The number of carbonyl (C=O) groups is 2. The van der Waals surface area contributed by atoms with Crippen LogP contribution in [0.5, 0.6) is 0 Å². The number of benzene rings is 1. The van der Waals surface area contributed by atoms with Gasteiger partial charge in [-0.1, -0.05) is 12.1 Å². The van der Waals surface area contributed by atoms with E-state index in [1.54, 1.807) is 17.0 Å². The Kier molecular flexibility index (Phi) is 4.76. The molecule has 0 spiro atoms. The Balaban J connectivity index is 1.53. The Labute approximate surface area is 134 Å². The van der Waals surface area contributed by atoms with Crippen LogP contribution in [0.1, 0.15) is 6.42 Å². The summed E-state index contributed by atoms with van der Waals surface area (Å²) in [7, 11) is 0. The maximum Gasteiger partial charge on any atom is 0.278 e. The van der Waals surface area contributed by atoms with E-state index in [0.29, 0.717) is 38.4 Å². The van der Waals surface area contributed by atoms with Crippen molar-refractivity contribution in [2.45, 2.75) is 12.5 Å². The molecule has 2 amide bonds. The number of anilines is 1. The van der Waals surface area contributed by atoms with Crippen LogP contribution in [-0.4, -0.2) is 62.0 Å². The summed E-state index contributed by atoms with van der Waals surface area (Å²) in [5, 5.41) is 4.71. The first kappa shape index (κ1) is 15.7. The van der Waals surface area contributed by atoms with Gasteiger partial charge in [0.05, 0.1) is 25.2 Å². The van der Waals surface area contributed by atoms with Crippen molar-refractivity contribution in [3.8, 4) is 0 Å². The van der Waals surface area contributed by atoms with Crippen molar-refractivity contribution in [1.82, 2.24) is 10.2 Å². The summed E-state index contributed by atoms with van der Waals surface area (Å²) < 4.78 is 13.8. The number of piperazine rings is 2. The quantitative estimate of drug-likeness (QED) is 0.745. The van der Waals surface area contributed by atoms with Crippen molar-refractivity contribution in [3.63, 3.8) is 0 Å². The van der Waals surface area contributed by atoms with Crippen molar-refractivity contribution in [1.29, 1.82) is 0 Å². The molecule has 0 radical (unpaired) electrons. The molecule has 0 aliphatic carbocycles. The Hall–Kier alpha value is -2.15. The third kappa shape index (κ3) is 3.61. The molecule has 2 aliphatic rings. The van der Waals surface area contributed by atoms with E-state index in [9.17, 15) is 14.0 Å². The largest absolute Gasteiger partial charge is 0.366 e. The van der Waals surface area contributed by atoms with Gasteiger partial charge in [0.15, 0.2) is 6.04 Å². The number of rotatable bonds is 3. The van der Waals surface area contributed by atoms with Crippen molar-refractivity contribution >= 4 is 17.5 Å². The lowest BCUT2D eigenvalue weighted by atomic mass is 10.1. The minimum atomic E-state index is -0.319. The Bertz CT molecular complexity index is 587. The number of hydrogen-bond acceptors (Lipinski definition) is 3. The molecule has 124 valence electrons. The van der Waals surface area contributed by atoms with E-state index in [1.807, 2.05) is 16.3 Å². The van der Waals surface area contributed by atoms with Crippen LogP contribution in [0.15, 0.2) is 24.3 Å². The van der Waals surface area contributed by atoms with Crippen LogP contribution in [0.25, 0.3) is 0 Å². The normalized spacial score (nSPS) is 22.0. The van der Waals surface area contributed by atoms with Gasteiger partial charge in [0, 0.05) is 26.2 Å². The summed E-state index contributed by atoms with van der Waals surface area (Å²) in [6.07, 6.45) is 0.228. The number of nitrogens with one attached hydrogen (secondary N) is 1. The van der Waals surface area contributed by atoms with Gasteiger partial charge >= 0.3 is 0 Å². The van der Waals surface area contributed by atoms with Gasteiger partial charge in [-0.05, 0) is 12.1 Å². The molecule has 3 N–H and O–H groups in total. The van der Waals surface area contributed by atoms with Gasteiger partial charge in [0.25, 0.3) is 5.91 Å². The van der Waals surface area contributed by atoms with Gasteiger partial charge in [0.1, 0.15) is 5.82 Å². The van der Waals surface area contributed by atoms with E-state index in [1.165, 1.54) is 6.07 Å². The molecule has 7 heteroatoms. The number of nitrogens with two attached hydrogens (primary N) is 1. The molecule has 1 atom stereocenters. The predicted molar refractivity (Wildman–Crippen MR) is 83.4 cm³/mol. The van der Waals surface area contributed by atoms with E-state index >= 15 is 0 Å². The molecule has 1 aromatic carbocycles. The summed E-state index contributed by atoms with van der Waals surface area (Å²) in [6, 6.07) is 6.37. The number of amides is 2. The van der Waals surface area contributed by atoms with Crippen molar-refractivity contribution in [3.05, 3.63) is 30.1 Å². The van der Waals surface area contributed by atoms with E-state index in [-0.39, 0.29) is 30.1 Å². The zero-order valence-corrected chi connectivity index (χ0v) is 13.0. The van der Waals surface area contributed by atoms with Gasteiger partial charge in [-0.3, -0.25) is 9.59 Å². The van der Waals surface area contributed by atoms with Crippen LogP contribution in [0.3, 0.4) is 0 Å². The van der Waals surface area contributed by atoms with E-state index in [0.717, 1.165) is 6.54 Å². The van der Waals surface area contributed by atoms with Crippen LogP contribution in [0, 0.1) is 5.82 Å². The van der Waals surface area contributed by atoms with E-state index < -0.39 is 0 Å². The first-order valence-corrected chi connectivity index (χ1v) is 8.03. The van der Waals surface area contributed by atoms with Crippen LogP contribution >= 0.6 is 0 Å². The Morgan fingerprint density at radius 1 is 1.26 bits per heavy atom. The topological polar surface area (TPSA) is 69.3 Å². The lowest BCUT2D eigenvalue weighted by Gasteiger charge is -2.36. The third-order valence-electron chi connectivity index (χ3n) is 4.45. The molecule has 3 rings (SSSR count). The molecule has 2 fully saturated rings. The minimum absolute atomic E-state index is 0.00326. The second kappa shape index (κ2) is 6.95. The van der Waals surface area contributed by atoms with Gasteiger partial charge in [-0.25, -0.2) is 4.39 Å². The first-order valence-electron chi connectivity index (χ1n) is 8.03. The number of halogens is 1. The Morgan fingerprint density at radius 2 is 2.00 bits per heavy atom. The SMILES string of the molecule is O=C1NCC[NH2+][C@H]1CC(=O)N1CCN(c2ccccc2F)CC1. The highest BCUT2D eigenvalue weighted by atomic mass is 19.1. The maximum absolute atomic E-state index is 13.8. The van der Waals surface area contributed by atoms with Crippen LogP contribution in [0.4, 0.5) is 10.1 Å². The van der Waals surface area contributed by atoms with E-state index in [4.69, 9.17) is 0 Å². The van der Waals surface area contributed by atoms with Crippen molar-refractivity contribution in [2.24, 2.45) is 0 Å². The lowest BCUT2D eigenvalue weighted by molar-refractivity contribution is -0.678. The molecule has 23 heavy (non-hydrogen) atoms. The first-order chi connectivity index (χ1) is 11.1. The lowest BCUT2D eigenvalue weighted by Crippen LogP contribution is -2.96. The van der Waals surface area contributed by atoms with Crippen LogP contribution in [0.2, 0.25) is 0 Å². The summed E-state index contributed by atoms with van der Waals surface area (Å²) in [6.45, 7) is 3.79. The Morgan fingerprint density at radius 3 is 2.70 bits per heavy atom. The van der Waals surface area contributed by atoms with Gasteiger partial charge < -0.3 is 20.4 Å². The average molecular weight is 321 g/mol. The zero-order valence-electron chi connectivity index (χ0n) is 13.0. The monoisotopic (exact) mass is 321 g/mol. The molecular weight excluding hydrogens is 299 g/mol. The molecule has 0 bridgehead atoms. The number of quaternary nitrogens is 1. The zero-order chi connectivity index (χ0) is 16.2. The molecule has 0 saturated carbocycles. The molecule has 2 heterocycles. The van der Waals surface area contributed by atoms with Crippen molar-refractivity contribution < 1.29 is 19.3 Å². The fourth-order valence-corrected chi connectivity index (χ4v) is 3.12. The summed E-state index contributed by atoms with van der Waals surface area (Å²) in [4.78, 5) is 27.8. The second-order valence-corrected chi connectivity index (χ2v) is 5.95. The van der Waals surface area contributed by atoms with Crippen LogP contribution in [-0.2, 0) is 9.59 Å². The summed E-state index contributed by atoms with van der Waals surface area (Å²) in [5.41, 5.74) is 0.583. The van der Waals surface area contributed by atoms with E-state index in [2.05, 4.69) is 5.32 Å². The minimum Gasteiger partial charge on any atom is -0.366 e. The molecule has 0 unspecified atom stereocenters. The average Bonchev–Trinajstić information content (AvgIpc) is 2.57. The second-order valence-electron chi connectivity index (χ2n) is 5.95. The van der Waals surface area contributed by atoms with Gasteiger partial charge in [-0.2, -0.15) is 0 Å². The number of hydrogen-bond donors (Lipinski definition) is 2. The number of para-hydroxylation sites is 1. The third-order valence-corrected chi connectivity index (χ3v) is 4.45.